The highest BCUT2D eigenvalue weighted by molar-refractivity contribution is 6.07. The summed E-state index contributed by atoms with van der Waals surface area (Å²) in [6.45, 7) is 0. The molecule has 0 radical (unpaired) electrons. The summed E-state index contributed by atoms with van der Waals surface area (Å²) in [6.07, 6.45) is 3.62. The van der Waals surface area contributed by atoms with E-state index in [1.165, 1.54) is 6.07 Å². The first-order chi connectivity index (χ1) is 14.7. The average Bonchev–Trinajstić information content (AvgIpc) is 3.54. The van der Waals surface area contributed by atoms with Crippen molar-refractivity contribution in [1.82, 2.24) is 0 Å². The first-order valence-corrected chi connectivity index (χ1v) is 9.75. The highest BCUT2D eigenvalue weighted by Crippen LogP contribution is 2.35. The molecule has 2 aromatic carbocycles. The summed E-state index contributed by atoms with van der Waals surface area (Å²) in [5.41, 5.74) is 11.1. The van der Waals surface area contributed by atoms with Gasteiger partial charge < -0.3 is 32.6 Å². The van der Waals surface area contributed by atoms with Gasteiger partial charge in [-0.15, -0.1) is 0 Å². The van der Waals surface area contributed by atoms with Gasteiger partial charge in [-0.1, -0.05) is 43.2 Å². The molecule has 31 heavy (non-hydrogen) atoms. The number of rotatable bonds is 10. The molecule has 0 saturated heterocycles. The van der Waals surface area contributed by atoms with E-state index in [0.29, 0.717) is 17.9 Å². The number of aliphatic hydroxyl groups excluding tert-OH is 1. The number of nitrogens with two attached hydrogens (primary N) is 2. The Morgan fingerprint density at radius 3 is 2.45 bits per heavy atom. The van der Waals surface area contributed by atoms with Gasteiger partial charge in [0.15, 0.2) is 5.88 Å². The van der Waals surface area contributed by atoms with Gasteiger partial charge >= 0.3 is 0 Å². The normalized spacial score (nSPS) is 14.5. The Kier molecular flexibility index (Phi) is 6.54. The zero-order valence-electron chi connectivity index (χ0n) is 16.7. The molecule has 1 fully saturated rings. The van der Waals surface area contributed by atoms with Gasteiger partial charge in [-0.25, -0.2) is 4.39 Å². The Balaban J connectivity index is 1.86. The first kappa shape index (κ1) is 21.8. The van der Waals surface area contributed by atoms with E-state index in [9.17, 15) is 19.1 Å². The standard InChI is InChI=1S/C22H24FN5O3/c23-15-9-14(21(25)30)17(11-18(15)27-19(22(26)31)8-12-6-7-12)28-20(29)10-16(24)13-4-2-1-3-5-13/h1-5,9-12,19,24,27-29H,6-8H2,(H2,25,30)(H2,26,31)/b20-10-,24-16?/t19-/m1/s1. The predicted molar refractivity (Wildman–Crippen MR) is 116 cm³/mol. The van der Waals surface area contributed by atoms with Gasteiger partial charge in [-0.05, 0) is 30.0 Å². The fourth-order valence-corrected chi connectivity index (χ4v) is 3.12. The van der Waals surface area contributed by atoms with Crippen LogP contribution in [-0.4, -0.2) is 28.7 Å². The number of halogens is 1. The van der Waals surface area contributed by atoms with Gasteiger partial charge in [0, 0.05) is 6.08 Å². The Morgan fingerprint density at radius 1 is 1.19 bits per heavy atom. The minimum atomic E-state index is -0.914. The highest BCUT2D eigenvalue weighted by atomic mass is 19.1. The highest BCUT2D eigenvalue weighted by Gasteiger charge is 2.29. The molecule has 1 saturated carbocycles. The smallest absolute Gasteiger partial charge is 0.250 e. The first-order valence-electron chi connectivity index (χ1n) is 9.75. The van der Waals surface area contributed by atoms with Crippen LogP contribution in [0.5, 0.6) is 0 Å². The molecule has 8 N–H and O–H groups in total. The second-order valence-electron chi connectivity index (χ2n) is 7.45. The molecule has 0 unspecified atom stereocenters. The van der Waals surface area contributed by atoms with Crippen LogP contribution in [0.3, 0.4) is 0 Å². The lowest BCUT2D eigenvalue weighted by molar-refractivity contribution is -0.118. The third-order valence-corrected chi connectivity index (χ3v) is 4.94. The minimum absolute atomic E-state index is 0.0145. The zero-order valence-corrected chi connectivity index (χ0v) is 16.7. The second kappa shape index (κ2) is 9.29. The molecular formula is C22H24FN5O3. The SMILES string of the molecule is N=C(/C=C(\O)Nc1cc(N[C@H](CC2CC2)C(N)=O)c(F)cc1C(N)=O)c1ccccc1. The second-order valence-corrected chi connectivity index (χ2v) is 7.45. The third kappa shape index (κ3) is 5.81. The number of allylic oxidation sites excluding steroid dienone is 1. The van der Waals surface area contributed by atoms with Gasteiger partial charge in [0.25, 0.3) is 5.91 Å². The van der Waals surface area contributed by atoms with Gasteiger partial charge in [0.1, 0.15) is 11.9 Å². The lowest BCUT2D eigenvalue weighted by atomic mass is 10.1. The number of aliphatic hydroxyl groups is 1. The number of nitrogens with one attached hydrogen (secondary N) is 3. The molecule has 9 heteroatoms. The van der Waals surface area contributed by atoms with E-state index in [0.717, 1.165) is 25.0 Å². The lowest BCUT2D eigenvalue weighted by Gasteiger charge is -2.19. The molecule has 2 amide bonds. The summed E-state index contributed by atoms with van der Waals surface area (Å²) in [7, 11) is 0. The number of benzene rings is 2. The number of carbonyl (C=O) groups is 2. The van der Waals surface area contributed by atoms with Gasteiger partial charge in [0.05, 0.1) is 22.6 Å². The summed E-state index contributed by atoms with van der Waals surface area (Å²) >= 11 is 0. The number of hydrogen-bond acceptors (Lipinski definition) is 6. The van der Waals surface area contributed by atoms with Crippen molar-refractivity contribution in [2.45, 2.75) is 25.3 Å². The fraction of sp³-hybridized carbons (Fsp3) is 0.227. The molecule has 0 bridgehead atoms. The molecular weight excluding hydrogens is 401 g/mol. The quantitative estimate of drug-likeness (QED) is 0.255. The van der Waals surface area contributed by atoms with E-state index in [4.69, 9.17) is 16.9 Å². The molecule has 162 valence electrons. The van der Waals surface area contributed by atoms with Crippen LogP contribution >= 0.6 is 0 Å². The maximum absolute atomic E-state index is 14.6. The van der Waals surface area contributed by atoms with E-state index in [1.807, 2.05) is 0 Å². The van der Waals surface area contributed by atoms with Crippen LogP contribution < -0.4 is 22.1 Å². The van der Waals surface area contributed by atoms with Crippen molar-refractivity contribution in [3.05, 3.63) is 71.4 Å². The number of amides is 2. The minimum Gasteiger partial charge on any atom is -0.495 e. The van der Waals surface area contributed by atoms with E-state index in [2.05, 4.69) is 10.6 Å². The predicted octanol–water partition coefficient (Wildman–Crippen LogP) is 2.87. The largest absolute Gasteiger partial charge is 0.495 e. The molecule has 8 nitrogen and oxygen atoms in total. The van der Waals surface area contributed by atoms with Crippen molar-refractivity contribution in [3.8, 4) is 0 Å². The van der Waals surface area contributed by atoms with Crippen LogP contribution in [0.4, 0.5) is 15.8 Å². The maximum Gasteiger partial charge on any atom is 0.250 e. The van der Waals surface area contributed by atoms with Crippen LogP contribution in [0.25, 0.3) is 0 Å². The van der Waals surface area contributed by atoms with Crippen molar-refractivity contribution in [2.24, 2.45) is 17.4 Å². The Bertz CT molecular complexity index is 1030. The van der Waals surface area contributed by atoms with Crippen molar-refractivity contribution < 1.29 is 19.1 Å². The zero-order chi connectivity index (χ0) is 22.5. The van der Waals surface area contributed by atoms with Crippen molar-refractivity contribution in [3.63, 3.8) is 0 Å². The molecule has 0 aliphatic heterocycles. The monoisotopic (exact) mass is 425 g/mol. The summed E-state index contributed by atoms with van der Waals surface area (Å²) in [5.74, 6) is -2.39. The Labute approximate surface area is 178 Å². The molecule has 0 heterocycles. The van der Waals surface area contributed by atoms with Gasteiger partial charge in [0.2, 0.25) is 5.91 Å². The Hall–Kier alpha value is -3.88. The fourth-order valence-electron chi connectivity index (χ4n) is 3.12. The summed E-state index contributed by atoms with van der Waals surface area (Å²) in [5, 5.41) is 23.7. The number of carbonyl (C=O) groups excluding carboxylic acids is 2. The molecule has 1 aliphatic rings. The van der Waals surface area contributed by atoms with Crippen LogP contribution in [0.15, 0.2) is 54.4 Å². The molecule has 1 aliphatic carbocycles. The lowest BCUT2D eigenvalue weighted by Crippen LogP contribution is -2.36. The average molecular weight is 425 g/mol. The van der Waals surface area contributed by atoms with Crippen LogP contribution in [0, 0.1) is 17.1 Å². The molecule has 3 rings (SSSR count). The maximum atomic E-state index is 14.6. The summed E-state index contributed by atoms with van der Waals surface area (Å²) in [4.78, 5) is 23.5. The molecule has 0 aromatic heterocycles. The van der Waals surface area contributed by atoms with E-state index in [-0.39, 0.29) is 22.6 Å². The van der Waals surface area contributed by atoms with Gasteiger partial charge in [-0.3, -0.25) is 9.59 Å². The molecule has 0 spiro atoms. The molecule has 1 atom stereocenters. The van der Waals surface area contributed by atoms with Crippen LogP contribution in [0.2, 0.25) is 0 Å². The summed E-state index contributed by atoms with van der Waals surface area (Å²) in [6, 6.07) is 10.1. The number of anilines is 2. The van der Waals surface area contributed by atoms with E-state index in [1.54, 1.807) is 30.3 Å². The van der Waals surface area contributed by atoms with Gasteiger partial charge in [-0.2, -0.15) is 0 Å². The molecule has 2 aromatic rings. The van der Waals surface area contributed by atoms with E-state index >= 15 is 0 Å². The summed E-state index contributed by atoms with van der Waals surface area (Å²) < 4.78 is 14.6. The Morgan fingerprint density at radius 2 is 1.87 bits per heavy atom. The number of primary amides is 2. The van der Waals surface area contributed by atoms with Crippen molar-refractivity contribution in [1.29, 1.82) is 5.41 Å². The van der Waals surface area contributed by atoms with Crippen LogP contribution in [0.1, 0.15) is 35.2 Å². The van der Waals surface area contributed by atoms with Crippen molar-refractivity contribution in [2.75, 3.05) is 10.6 Å². The van der Waals surface area contributed by atoms with Crippen LogP contribution in [-0.2, 0) is 4.79 Å². The number of hydrogen-bond donors (Lipinski definition) is 6. The third-order valence-electron chi connectivity index (χ3n) is 4.94. The van der Waals surface area contributed by atoms with Crippen molar-refractivity contribution >= 4 is 28.9 Å². The topological polar surface area (TPSA) is 154 Å². The van der Waals surface area contributed by atoms with E-state index < -0.39 is 29.6 Å².